The lowest BCUT2D eigenvalue weighted by atomic mass is 10.1. The minimum absolute atomic E-state index is 0.705. The molecule has 86 valence electrons. The van der Waals surface area contributed by atoms with Gasteiger partial charge in [-0.2, -0.15) is 0 Å². The molecular formula is C13H29N. The van der Waals surface area contributed by atoms with Crippen LogP contribution in [0.3, 0.4) is 0 Å². The van der Waals surface area contributed by atoms with Crippen LogP contribution in [0, 0.1) is 0 Å². The van der Waals surface area contributed by atoms with Crippen molar-refractivity contribution in [2.24, 2.45) is 0 Å². The van der Waals surface area contributed by atoms with Crippen molar-refractivity contribution >= 4 is 0 Å². The van der Waals surface area contributed by atoms with Crippen molar-refractivity contribution in [1.29, 1.82) is 0 Å². The first-order chi connectivity index (χ1) is 6.74. The van der Waals surface area contributed by atoms with Crippen molar-refractivity contribution in [3.8, 4) is 0 Å². The molecule has 1 unspecified atom stereocenters. The van der Waals surface area contributed by atoms with Crippen molar-refractivity contribution in [2.75, 3.05) is 0 Å². The summed E-state index contributed by atoms with van der Waals surface area (Å²) in [6, 6.07) is 1.44. The minimum atomic E-state index is 0.705. The number of hydrogen-bond donors (Lipinski definition) is 1. The standard InChI is InChI=1S/C13H29N/c1-5-8-9-10-11-12(4)14-13(6-2)7-3/h12-14H,5-11H2,1-4H3. The van der Waals surface area contributed by atoms with Crippen molar-refractivity contribution < 1.29 is 0 Å². The molecule has 0 spiro atoms. The molecule has 0 aromatic heterocycles. The first-order valence-corrected chi connectivity index (χ1v) is 6.50. The summed E-state index contributed by atoms with van der Waals surface area (Å²) in [5, 5.41) is 3.69. The van der Waals surface area contributed by atoms with E-state index in [1.807, 2.05) is 0 Å². The van der Waals surface area contributed by atoms with E-state index >= 15 is 0 Å². The highest BCUT2D eigenvalue weighted by Crippen LogP contribution is 2.07. The largest absolute Gasteiger partial charge is 0.312 e. The average Bonchev–Trinajstić information content (AvgIpc) is 2.21. The summed E-state index contributed by atoms with van der Waals surface area (Å²) in [6.45, 7) is 9.13. The Labute approximate surface area is 90.7 Å². The predicted octanol–water partition coefficient (Wildman–Crippen LogP) is 4.12. The van der Waals surface area contributed by atoms with Gasteiger partial charge in [0.25, 0.3) is 0 Å². The van der Waals surface area contributed by atoms with Crippen LogP contribution in [-0.2, 0) is 0 Å². The van der Waals surface area contributed by atoms with E-state index in [1.165, 1.54) is 44.9 Å². The van der Waals surface area contributed by atoms with E-state index in [9.17, 15) is 0 Å². The van der Waals surface area contributed by atoms with Crippen LogP contribution in [0.4, 0.5) is 0 Å². The summed E-state index contributed by atoms with van der Waals surface area (Å²) in [5.41, 5.74) is 0. The Morgan fingerprint density at radius 3 is 2.07 bits per heavy atom. The Kier molecular flexibility index (Phi) is 9.49. The van der Waals surface area contributed by atoms with Crippen LogP contribution in [-0.4, -0.2) is 12.1 Å². The molecule has 0 aliphatic heterocycles. The fourth-order valence-corrected chi connectivity index (χ4v) is 1.89. The van der Waals surface area contributed by atoms with Crippen LogP contribution in [0.1, 0.15) is 72.6 Å². The molecule has 0 aliphatic carbocycles. The molecule has 14 heavy (non-hydrogen) atoms. The van der Waals surface area contributed by atoms with Gasteiger partial charge in [0.2, 0.25) is 0 Å². The molecule has 1 N–H and O–H groups in total. The Balaban J connectivity index is 3.38. The smallest absolute Gasteiger partial charge is 0.00642 e. The molecule has 1 atom stereocenters. The van der Waals surface area contributed by atoms with Gasteiger partial charge in [0.15, 0.2) is 0 Å². The first-order valence-electron chi connectivity index (χ1n) is 6.50. The van der Waals surface area contributed by atoms with Gasteiger partial charge in [-0.1, -0.05) is 46.5 Å². The number of hydrogen-bond acceptors (Lipinski definition) is 1. The highest BCUT2D eigenvalue weighted by molar-refractivity contribution is 4.68. The third kappa shape index (κ3) is 7.37. The molecule has 0 aromatic rings. The van der Waals surface area contributed by atoms with E-state index in [0.29, 0.717) is 6.04 Å². The Hall–Kier alpha value is -0.0400. The van der Waals surface area contributed by atoms with E-state index < -0.39 is 0 Å². The highest BCUT2D eigenvalue weighted by Gasteiger charge is 2.07. The zero-order valence-corrected chi connectivity index (χ0v) is 10.6. The maximum atomic E-state index is 3.69. The lowest BCUT2D eigenvalue weighted by Gasteiger charge is -2.20. The second-order valence-corrected chi connectivity index (χ2v) is 4.43. The lowest BCUT2D eigenvalue weighted by molar-refractivity contribution is 0.398. The van der Waals surface area contributed by atoms with E-state index in [4.69, 9.17) is 0 Å². The molecule has 1 nitrogen and oxygen atoms in total. The van der Waals surface area contributed by atoms with Gasteiger partial charge in [-0.15, -0.1) is 0 Å². The second-order valence-electron chi connectivity index (χ2n) is 4.43. The number of unbranched alkanes of at least 4 members (excludes halogenated alkanes) is 3. The van der Waals surface area contributed by atoms with Gasteiger partial charge in [-0.05, 0) is 26.2 Å². The molecule has 0 radical (unpaired) electrons. The van der Waals surface area contributed by atoms with Crippen molar-refractivity contribution in [3.05, 3.63) is 0 Å². The van der Waals surface area contributed by atoms with Crippen molar-refractivity contribution in [1.82, 2.24) is 5.32 Å². The van der Waals surface area contributed by atoms with Gasteiger partial charge >= 0.3 is 0 Å². The number of rotatable bonds is 9. The van der Waals surface area contributed by atoms with Crippen LogP contribution >= 0.6 is 0 Å². The summed E-state index contributed by atoms with van der Waals surface area (Å²) in [6.07, 6.45) is 9.40. The van der Waals surface area contributed by atoms with Crippen molar-refractivity contribution in [2.45, 2.75) is 84.7 Å². The molecular weight excluding hydrogens is 170 g/mol. The monoisotopic (exact) mass is 199 g/mol. The Morgan fingerprint density at radius 1 is 0.929 bits per heavy atom. The lowest BCUT2D eigenvalue weighted by Crippen LogP contribution is -2.35. The summed E-state index contributed by atoms with van der Waals surface area (Å²) in [5.74, 6) is 0. The molecule has 0 saturated heterocycles. The average molecular weight is 199 g/mol. The first kappa shape index (κ1) is 14.0. The highest BCUT2D eigenvalue weighted by atomic mass is 14.9. The fourth-order valence-electron chi connectivity index (χ4n) is 1.89. The maximum Gasteiger partial charge on any atom is 0.00642 e. The molecule has 0 bridgehead atoms. The molecule has 1 heteroatoms. The normalized spacial score (nSPS) is 13.5. The molecule has 0 aliphatic rings. The zero-order valence-electron chi connectivity index (χ0n) is 10.6. The summed E-state index contributed by atoms with van der Waals surface area (Å²) in [7, 11) is 0. The van der Waals surface area contributed by atoms with Gasteiger partial charge in [-0.3, -0.25) is 0 Å². The quantitative estimate of drug-likeness (QED) is 0.551. The van der Waals surface area contributed by atoms with Gasteiger partial charge in [-0.25, -0.2) is 0 Å². The van der Waals surface area contributed by atoms with Gasteiger partial charge in [0, 0.05) is 12.1 Å². The third-order valence-electron chi connectivity index (χ3n) is 3.00. The van der Waals surface area contributed by atoms with Crippen molar-refractivity contribution in [3.63, 3.8) is 0 Å². The van der Waals surface area contributed by atoms with E-state index in [2.05, 4.69) is 33.0 Å². The number of nitrogens with one attached hydrogen (secondary N) is 1. The molecule has 0 heterocycles. The predicted molar refractivity (Wildman–Crippen MR) is 65.7 cm³/mol. The summed E-state index contributed by atoms with van der Waals surface area (Å²) >= 11 is 0. The van der Waals surface area contributed by atoms with Crippen LogP contribution in [0.15, 0.2) is 0 Å². The SMILES string of the molecule is CCCCCCC(C)NC(CC)CC. The molecule has 0 rings (SSSR count). The molecule has 0 aromatic carbocycles. The van der Waals surface area contributed by atoms with E-state index in [0.717, 1.165) is 6.04 Å². The maximum absolute atomic E-state index is 3.69. The molecule has 0 fully saturated rings. The summed E-state index contributed by atoms with van der Waals surface area (Å²) in [4.78, 5) is 0. The van der Waals surface area contributed by atoms with Crippen LogP contribution < -0.4 is 5.32 Å². The minimum Gasteiger partial charge on any atom is -0.312 e. The topological polar surface area (TPSA) is 12.0 Å². The van der Waals surface area contributed by atoms with Gasteiger partial charge in [0.1, 0.15) is 0 Å². The second kappa shape index (κ2) is 9.51. The van der Waals surface area contributed by atoms with Crippen LogP contribution in [0.5, 0.6) is 0 Å². The summed E-state index contributed by atoms with van der Waals surface area (Å²) < 4.78 is 0. The van der Waals surface area contributed by atoms with E-state index in [-0.39, 0.29) is 0 Å². The van der Waals surface area contributed by atoms with Crippen LogP contribution in [0.25, 0.3) is 0 Å². The Bertz CT molecular complexity index is 108. The molecule has 0 saturated carbocycles. The molecule has 0 amide bonds. The van der Waals surface area contributed by atoms with Gasteiger partial charge < -0.3 is 5.32 Å². The fraction of sp³-hybridized carbons (Fsp3) is 1.00. The Morgan fingerprint density at radius 2 is 1.57 bits per heavy atom. The third-order valence-corrected chi connectivity index (χ3v) is 3.00. The van der Waals surface area contributed by atoms with Gasteiger partial charge in [0.05, 0.1) is 0 Å². The van der Waals surface area contributed by atoms with Crippen LogP contribution in [0.2, 0.25) is 0 Å². The van der Waals surface area contributed by atoms with E-state index in [1.54, 1.807) is 0 Å². The zero-order chi connectivity index (χ0) is 10.8.